The number of ether oxygens (including phenoxy) is 1. The highest BCUT2D eigenvalue weighted by molar-refractivity contribution is 7.89. The minimum absolute atomic E-state index is 0.0264. The summed E-state index contributed by atoms with van der Waals surface area (Å²) >= 11 is 0. The van der Waals surface area contributed by atoms with E-state index in [2.05, 4.69) is 6.07 Å². The third-order valence-corrected chi connectivity index (χ3v) is 6.53. The average Bonchev–Trinajstić information content (AvgIpc) is 3.40. The number of hydrogen-bond acceptors (Lipinski definition) is 5. The van der Waals surface area contributed by atoms with Crippen LogP contribution in [-0.4, -0.2) is 54.7 Å². The highest BCUT2D eigenvalue weighted by Gasteiger charge is 2.28. The van der Waals surface area contributed by atoms with Crippen molar-refractivity contribution in [2.45, 2.75) is 23.9 Å². The lowest BCUT2D eigenvalue weighted by Crippen LogP contribution is -2.44. The van der Waals surface area contributed by atoms with Crippen LogP contribution < -0.4 is 5.14 Å². The first-order valence-corrected chi connectivity index (χ1v) is 11.5. The van der Waals surface area contributed by atoms with Gasteiger partial charge in [0.15, 0.2) is 0 Å². The second kappa shape index (κ2) is 8.55. The lowest BCUT2D eigenvalue weighted by Gasteiger charge is -2.31. The molecule has 0 aliphatic carbocycles. The smallest absolute Gasteiger partial charge is 0.245 e. The number of amides is 1. The number of fused-ring (bicyclic) bond motifs is 1. The van der Waals surface area contributed by atoms with E-state index in [1.807, 2.05) is 6.20 Å². The van der Waals surface area contributed by atoms with Gasteiger partial charge in [-0.2, -0.15) is 5.26 Å². The fraction of sp³-hybridized carbons (Fsp3) is 0.333. The van der Waals surface area contributed by atoms with E-state index in [9.17, 15) is 18.5 Å². The van der Waals surface area contributed by atoms with E-state index in [0.29, 0.717) is 55.9 Å². The van der Waals surface area contributed by atoms with Gasteiger partial charge in [0, 0.05) is 37.4 Å². The molecule has 1 unspecified atom stereocenters. The molecule has 1 aromatic carbocycles. The van der Waals surface area contributed by atoms with Crippen molar-refractivity contribution in [3.63, 3.8) is 0 Å². The van der Waals surface area contributed by atoms with Crippen LogP contribution >= 0.6 is 0 Å². The summed E-state index contributed by atoms with van der Waals surface area (Å²) < 4.78 is 33.0. The van der Waals surface area contributed by atoms with E-state index >= 15 is 0 Å². The zero-order chi connectivity index (χ0) is 22.0. The second-order valence-electron chi connectivity index (χ2n) is 7.40. The summed E-state index contributed by atoms with van der Waals surface area (Å²) in [6.45, 7) is 2.44. The number of primary sulfonamides is 1. The van der Waals surface area contributed by atoms with E-state index in [0.717, 1.165) is 0 Å². The van der Waals surface area contributed by atoms with Crippen molar-refractivity contribution in [1.29, 1.82) is 5.26 Å². The molecule has 1 fully saturated rings. The van der Waals surface area contributed by atoms with E-state index in [1.165, 1.54) is 6.07 Å². The SMILES string of the molecule is N#Cc1cccn1CCC(C(=O)N1CCOCC1)n1ccc2c(S(N)(=O)=O)cccc21. The number of benzene rings is 1. The van der Waals surface area contributed by atoms with Crippen LogP contribution in [0.2, 0.25) is 0 Å². The van der Waals surface area contributed by atoms with Gasteiger partial charge < -0.3 is 18.8 Å². The molecular weight excluding hydrogens is 418 g/mol. The fourth-order valence-corrected chi connectivity index (χ4v) is 4.78. The van der Waals surface area contributed by atoms with Crippen LogP contribution in [0.5, 0.6) is 0 Å². The Morgan fingerprint density at radius 2 is 1.94 bits per heavy atom. The topological polar surface area (TPSA) is 123 Å². The molecule has 1 amide bonds. The molecule has 162 valence electrons. The average molecular weight is 442 g/mol. The summed E-state index contributed by atoms with van der Waals surface area (Å²) in [7, 11) is -3.90. The molecule has 1 aliphatic heterocycles. The van der Waals surface area contributed by atoms with Crippen LogP contribution in [0, 0.1) is 11.3 Å². The van der Waals surface area contributed by atoms with Gasteiger partial charge >= 0.3 is 0 Å². The molecule has 1 aliphatic rings. The number of aryl methyl sites for hydroxylation is 1. The summed E-state index contributed by atoms with van der Waals surface area (Å²) in [5.41, 5.74) is 1.14. The Balaban J connectivity index is 1.73. The van der Waals surface area contributed by atoms with Crippen molar-refractivity contribution >= 4 is 26.8 Å². The molecule has 9 nitrogen and oxygen atoms in total. The lowest BCUT2D eigenvalue weighted by atomic mass is 10.1. The summed E-state index contributed by atoms with van der Waals surface area (Å²) in [5.74, 6) is -0.0625. The van der Waals surface area contributed by atoms with Gasteiger partial charge in [0.2, 0.25) is 15.9 Å². The maximum absolute atomic E-state index is 13.5. The van der Waals surface area contributed by atoms with Gasteiger partial charge in [-0.1, -0.05) is 6.07 Å². The first-order chi connectivity index (χ1) is 14.9. The Bertz CT molecular complexity index is 1250. The molecule has 3 heterocycles. The molecule has 0 bridgehead atoms. The van der Waals surface area contributed by atoms with Crippen LogP contribution in [0.1, 0.15) is 18.2 Å². The Morgan fingerprint density at radius 3 is 2.65 bits per heavy atom. The highest BCUT2D eigenvalue weighted by Crippen LogP contribution is 2.29. The van der Waals surface area contributed by atoms with Crippen molar-refractivity contribution in [3.8, 4) is 6.07 Å². The monoisotopic (exact) mass is 441 g/mol. The van der Waals surface area contributed by atoms with Gasteiger partial charge in [0.25, 0.3) is 0 Å². The van der Waals surface area contributed by atoms with Crippen LogP contribution in [0.15, 0.2) is 53.7 Å². The Labute approximate surface area is 180 Å². The van der Waals surface area contributed by atoms with Crippen LogP contribution in [0.3, 0.4) is 0 Å². The Morgan fingerprint density at radius 1 is 1.16 bits per heavy atom. The van der Waals surface area contributed by atoms with Gasteiger partial charge in [-0.05, 0) is 36.8 Å². The number of aromatic nitrogens is 2. The van der Waals surface area contributed by atoms with E-state index in [4.69, 9.17) is 9.88 Å². The molecular formula is C21H23N5O4S. The third-order valence-electron chi connectivity index (χ3n) is 5.56. The van der Waals surface area contributed by atoms with Crippen LogP contribution in [-0.2, 0) is 26.1 Å². The molecule has 3 aromatic rings. The summed E-state index contributed by atoms with van der Waals surface area (Å²) in [6.07, 6.45) is 3.97. The maximum Gasteiger partial charge on any atom is 0.245 e. The van der Waals surface area contributed by atoms with Gasteiger partial charge in [0.05, 0.1) is 23.6 Å². The largest absolute Gasteiger partial charge is 0.378 e. The van der Waals surface area contributed by atoms with Crippen molar-refractivity contribution in [2.24, 2.45) is 5.14 Å². The molecule has 0 saturated carbocycles. The lowest BCUT2D eigenvalue weighted by molar-refractivity contribution is -0.139. The third kappa shape index (κ3) is 4.20. The Kier molecular flexibility index (Phi) is 5.82. The van der Waals surface area contributed by atoms with Crippen molar-refractivity contribution in [1.82, 2.24) is 14.0 Å². The molecule has 2 aromatic heterocycles. The van der Waals surface area contributed by atoms with Crippen LogP contribution in [0.4, 0.5) is 0 Å². The number of nitriles is 1. The standard InChI is InChI=1S/C21H23N5O4S/c22-15-16-3-2-8-24(16)9-7-19(21(27)25-11-13-30-14-12-25)26-10-6-17-18(26)4-1-5-20(17)31(23,28)29/h1-6,8,10,19H,7,9,11-14H2,(H2,23,28,29). The normalized spacial score (nSPS) is 15.7. The molecule has 1 saturated heterocycles. The molecule has 31 heavy (non-hydrogen) atoms. The van der Waals surface area contributed by atoms with Crippen molar-refractivity contribution in [2.75, 3.05) is 26.3 Å². The highest BCUT2D eigenvalue weighted by atomic mass is 32.2. The quantitative estimate of drug-likeness (QED) is 0.620. The molecule has 0 radical (unpaired) electrons. The molecule has 10 heteroatoms. The molecule has 2 N–H and O–H groups in total. The number of sulfonamides is 1. The van der Waals surface area contributed by atoms with Gasteiger partial charge in [-0.25, -0.2) is 13.6 Å². The molecule has 0 spiro atoms. The number of hydrogen-bond donors (Lipinski definition) is 1. The van der Waals surface area contributed by atoms with Crippen LogP contribution in [0.25, 0.3) is 10.9 Å². The van der Waals surface area contributed by atoms with Crippen molar-refractivity contribution in [3.05, 3.63) is 54.5 Å². The minimum atomic E-state index is -3.90. The van der Waals surface area contributed by atoms with Gasteiger partial charge in [-0.15, -0.1) is 0 Å². The fourth-order valence-electron chi connectivity index (χ4n) is 4.03. The molecule has 1 atom stereocenters. The number of nitrogens with two attached hydrogens (primary N) is 1. The Hall–Kier alpha value is -3.13. The number of carbonyl (C=O) groups is 1. The first-order valence-electron chi connectivity index (χ1n) is 9.94. The minimum Gasteiger partial charge on any atom is -0.378 e. The van der Waals surface area contributed by atoms with E-state index in [-0.39, 0.29) is 10.8 Å². The maximum atomic E-state index is 13.5. The van der Waals surface area contributed by atoms with Crippen molar-refractivity contribution < 1.29 is 17.9 Å². The number of nitrogens with zero attached hydrogens (tertiary/aromatic N) is 4. The van der Waals surface area contributed by atoms with Gasteiger partial charge in [-0.3, -0.25) is 4.79 Å². The van der Waals surface area contributed by atoms with E-state index < -0.39 is 16.1 Å². The number of carbonyl (C=O) groups excluding carboxylic acids is 1. The predicted octanol–water partition coefficient (Wildman–Crippen LogP) is 1.45. The second-order valence-corrected chi connectivity index (χ2v) is 8.93. The summed E-state index contributed by atoms with van der Waals surface area (Å²) in [6, 6.07) is 11.6. The molecule has 4 rings (SSSR count). The zero-order valence-electron chi connectivity index (χ0n) is 16.8. The number of rotatable bonds is 6. The number of morpholine rings is 1. The predicted molar refractivity (Wildman–Crippen MR) is 114 cm³/mol. The first kappa shape index (κ1) is 21.1. The van der Waals surface area contributed by atoms with E-state index in [1.54, 1.807) is 50.6 Å². The zero-order valence-corrected chi connectivity index (χ0v) is 17.7. The summed E-state index contributed by atoms with van der Waals surface area (Å²) in [5, 5.41) is 15.1. The summed E-state index contributed by atoms with van der Waals surface area (Å²) in [4.78, 5) is 15.3. The van der Waals surface area contributed by atoms with Gasteiger partial charge in [0.1, 0.15) is 17.8 Å².